The van der Waals surface area contributed by atoms with E-state index in [1.165, 1.54) is 17.0 Å². The van der Waals surface area contributed by atoms with Crippen LogP contribution >= 0.6 is 0 Å². The molecule has 0 spiro atoms. The lowest BCUT2D eigenvalue weighted by Gasteiger charge is -2.02. The van der Waals surface area contributed by atoms with Crippen molar-refractivity contribution in [1.82, 2.24) is 4.90 Å². The Hall–Kier alpha value is -2.10. The number of hydrogen-bond acceptors (Lipinski definition) is 3. The Kier molecular flexibility index (Phi) is 2.48. The first-order chi connectivity index (χ1) is 7.58. The minimum absolute atomic E-state index is 0.174. The number of likely N-dealkylation sites (N-methyl/N-ethyl adjacent to an activating group) is 1. The van der Waals surface area contributed by atoms with Crippen LogP contribution in [-0.4, -0.2) is 35.3 Å². The molecular weight excluding hydrogens is 206 g/mol. The number of amides is 1. The van der Waals surface area contributed by atoms with Crippen LogP contribution in [0.25, 0.3) is 6.08 Å². The monoisotopic (exact) mass is 217 g/mol. The second-order valence-corrected chi connectivity index (χ2v) is 3.75. The number of rotatable bonds is 1. The number of ketones is 1. The predicted octanol–water partition coefficient (Wildman–Crippen LogP) is 0.817. The van der Waals surface area contributed by atoms with E-state index in [0.29, 0.717) is 12.1 Å². The molecule has 0 atom stereocenters. The molecule has 0 radical (unpaired) electrons. The Labute approximate surface area is 92.8 Å². The van der Waals surface area contributed by atoms with Crippen molar-refractivity contribution >= 4 is 17.8 Å². The van der Waals surface area contributed by atoms with Gasteiger partial charge in [0.2, 0.25) is 5.78 Å². The van der Waals surface area contributed by atoms with E-state index in [4.69, 9.17) is 5.11 Å². The van der Waals surface area contributed by atoms with Crippen molar-refractivity contribution in [2.24, 2.45) is 0 Å². The number of benzene rings is 1. The van der Waals surface area contributed by atoms with Crippen LogP contribution < -0.4 is 0 Å². The maximum atomic E-state index is 11.5. The molecule has 1 amide bonds. The van der Waals surface area contributed by atoms with Gasteiger partial charge in [-0.1, -0.05) is 12.1 Å². The highest BCUT2D eigenvalue weighted by Crippen LogP contribution is 2.17. The van der Waals surface area contributed by atoms with E-state index in [-0.39, 0.29) is 5.75 Å². The molecule has 4 heteroatoms. The summed E-state index contributed by atoms with van der Waals surface area (Å²) < 4.78 is 0. The molecule has 1 aromatic carbocycles. The fourth-order valence-corrected chi connectivity index (χ4v) is 1.59. The number of phenolic OH excluding ortho intramolecular Hbond substituents is 1. The van der Waals surface area contributed by atoms with Gasteiger partial charge in [-0.25, -0.2) is 0 Å². The summed E-state index contributed by atoms with van der Waals surface area (Å²) in [5.41, 5.74) is 1.28. The van der Waals surface area contributed by atoms with E-state index in [9.17, 15) is 9.59 Å². The molecule has 1 aromatic rings. The number of phenols is 1. The van der Waals surface area contributed by atoms with E-state index in [1.54, 1.807) is 25.3 Å². The maximum absolute atomic E-state index is 11.5. The smallest absolute Gasteiger partial charge is 0.294 e. The molecule has 0 saturated carbocycles. The molecule has 1 fully saturated rings. The second kappa shape index (κ2) is 3.81. The second-order valence-electron chi connectivity index (χ2n) is 3.75. The maximum Gasteiger partial charge on any atom is 0.294 e. The van der Waals surface area contributed by atoms with Crippen molar-refractivity contribution < 1.29 is 14.7 Å². The topological polar surface area (TPSA) is 57.6 Å². The molecule has 82 valence electrons. The van der Waals surface area contributed by atoms with Crippen LogP contribution in [0.2, 0.25) is 0 Å². The fraction of sp³-hybridized carbons (Fsp3) is 0.167. The van der Waals surface area contributed by atoms with Crippen LogP contribution in [0.4, 0.5) is 0 Å². The Morgan fingerprint density at radius 3 is 2.38 bits per heavy atom. The Morgan fingerprint density at radius 2 is 1.88 bits per heavy atom. The Morgan fingerprint density at radius 1 is 1.25 bits per heavy atom. The standard InChI is InChI=1S/C12H11NO3/c1-13-7-9(11(15)12(13)16)6-8-2-4-10(14)5-3-8/h2-6,14H,7H2,1H3. The number of likely N-dealkylation sites (tertiary alicyclic amines) is 1. The summed E-state index contributed by atoms with van der Waals surface area (Å²) in [7, 11) is 1.60. The Balaban J connectivity index is 2.29. The molecule has 1 heterocycles. The summed E-state index contributed by atoms with van der Waals surface area (Å²) in [4.78, 5) is 24.1. The number of carbonyl (C=O) groups excluding carboxylic acids is 2. The van der Waals surface area contributed by atoms with Gasteiger partial charge in [0.05, 0.1) is 0 Å². The van der Waals surface area contributed by atoms with Crippen LogP contribution in [0, 0.1) is 0 Å². The first kappa shape index (κ1) is 10.4. The average Bonchev–Trinajstić information content (AvgIpc) is 2.50. The number of carbonyl (C=O) groups is 2. The molecule has 4 nitrogen and oxygen atoms in total. The minimum Gasteiger partial charge on any atom is -0.508 e. The summed E-state index contributed by atoms with van der Waals surface area (Å²) >= 11 is 0. The van der Waals surface area contributed by atoms with Crippen molar-refractivity contribution in [1.29, 1.82) is 0 Å². The summed E-state index contributed by atoms with van der Waals surface area (Å²) in [5, 5.41) is 9.10. The molecule has 1 aliphatic rings. The van der Waals surface area contributed by atoms with Gasteiger partial charge in [0.15, 0.2) is 0 Å². The summed E-state index contributed by atoms with van der Waals surface area (Å²) in [6, 6.07) is 6.46. The van der Waals surface area contributed by atoms with Crippen molar-refractivity contribution in [3.05, 3.63) is 35.4 Å². The predicted molar refractivity (Wildman–Crippen MR) is 58.7 cm³/mol. The van der Waals surface area contributed by atoms with E-state index in [0.717, 1.165) is 5.56 Å². The molecule has 2 rings (SSSR count). The van der Waals surface area contributed by atoms with Crippen molar-refractivity contribution in [3.63, 3.8) is 0 Å². The molecule has 0 bridgehead atoms. The number of nitrogens with zero attached hydrogens (tertiary/aromatic N) is 1. The van der Waals surface area contributed by atoms with Gasteiger partial charge in [-0.05, 0) is 23.8 Å². The van der Waals surface area contributed by atoms with Gasteiger partial charge in [-0.15, -0.1) is 0 Å². The van der Waals surface area contributed by atoms with Crippen molar-refractivity contribution in [2.45, 2.75) is 0 Å². The molecule has 0 aromatic heterocycles. The van der Waals surface area contributed by atoms with Crippen LogP contribution in [-0.2, 0) is 9.59 Å². The minimum atomic E-state index is -0.468. The Bertz CT molecular complexity index is 474. The normalized spacial score (nSPS) is 18.6. The third kappa shape index (κ3) is 1.82. The van der Waals surface area contributed by atoms with Gasteiger partial charge >= 0.3 is 0 Å². The summed E-state index contributed by atoms with van der Waals surface area (Å²) in [6.45, 7) is 0.346. The molecule has 1 N–H and O–H groups in total. The van der Waals surface area contributed by atoms with Gasteiger partial charge in [0, 0.05) is 19.2 Å². The van der Waals surface area contributed by atoms with Gasteiger partial charge < -0.3 is 10.0 Å². The van der Waals surface area contributed by atoms with Gasteiger partial charge in [-0.3, -0.25) is 9.59 Å². The molecule has 16 heavy (non-hydrogen) atoms. The fourth-order valence-electron chi connectivity index (χ4n) is 1.59. The highest BCUT2D eigenvalue weighted by Gasteiger charge is 2.31. The third-order valence-corrected chi connectivity index (χ3v) is 2.47. The first-order valence-corrected chi connectivity index (χ1v) is 4.87. The highest BCUT2D eigenvalue weighted by atomic mass is 16.3. The summed E-state index contributed by atoms with van der Waals surface area (Å²) in [6.07, 6.45) is 1.67. The lowest BCUT2D eigenvalue weighted by molar-refractivity contribution is -0.138. The molecule has 1 aliphatic heterocycles. The van der Waals surface area contributed by atoms with Crippen LogP contribution in [0.1, 0.15) is 5.56 Å². The molecule has 0 aliphatic carbocycles. The zero-order chi connectivity index (χ0) is 11.7. The van der Waals surface area contributed by atoms with E-state index in [2.05, 4.69) is 0 Å². The molecular formula is C12H11NO3. The average molecular weight is 217 g/mol. The number of hydrogen-bond donors (Lipinski definition) is 1. The van der Waals surface area contributed by atoms with Gasteiger partial charge in [0.25, 0.3) is 5.91 Å². The lowest BCUT2D eigenvalue weighted by atomic mass is 10.1. The highest BCUT2D eigenvalue weighted by molar-refractivity contribution is 6.45. The van der Waals surface area contributed by atoms with Crippen molar-refractivity contribution in [3.8, 4) is 5.75 Å². The lowest BCUT2D eigenvalue weighted by Crippen LogP contribution is -2.22. The van der Waals surface area contributed by atoms with Gasteiger partial charge in [-0.2, -0.15) is 0 Å². The third-order valence-electron chi connectivity index (χ3n) is 2.47. The largest absolute Gasteiger partial charge is 0.508 e. The molecule has 0 unspecified atom stereocenters. The number of Topliss-reactive ketones (excluding diaryl/α,β-unsaturated/α-hetero) is 1. The van der Waals surface area contributed by atoms with E-state index >= 15 is 0 Å². The zero-order valence-electron chi connectivity index (χ0n) is 8.80. The SMILES string of the molecule is CN1CC(=Cc2ccc(O)cc2)C(=O)C1=O. The van der Waals surface area contributed by atoms with Crippen LogP contribution in [0.15, 0.2) is 29.8 Å². The van der Waals surface area contributed by atoms with Crippen molar-refractivity contribution in [2.75, 3.05) is 13.6 Å². The zero-order valence-corrected chi connectivity index (χ0v) is 8.80. The molecule has 1 saturated heterocycles. The quantitative estimate of drug-likeness (QED) is 0.559. The van der Waals surface area contributed by atoms with Gasteiger partial charge in [0.1, 0.15) is 5.75 Å². The first-order valence-electron chi connectivity index (χ1n) is 4.87. The van der Waals surface area contributed by atoms with E-state index in [1.807, 2.05) is 0 Å². The summed E-state index contributed by atoms with van der Waals surface area (Å²) in [5.74, 6) is -0.742. The van der Waals surface area contributed by atoms with E-state index < -0.39 is 11.7 Å². The van der Waals surface area contributed by atoms with Crippen LogP contribution in [0.3, 0.4) is 0 Å². The number of aromatic hydroxyl groups is 1. The van der Waals surface area contributed by atoms with Crippen LogP contribution in [0.5, 0.6) is 5.75 Å².